The average Bonchev–Trinajstić information content (AvgIpc) is 3.75. The van der Waals surface area contributed by atoms with Gasteiger partial charge in [0.1, 0.15) is 30.0 Å². The molecule has 0 spiro atoms. The number of Topliss-reactive ketones (excluding diaryl/α,β-unsaturated/α-hetero) is 1. The van der Waals surface area contributed by atoms with Gasteiger partial charge in [0.25, 0.3) is 5.78 Å². The summed E-state index contributed by atoms with van der Waals surface area (Å²) in [6.45, 7) is 4.53. The number of benzene rings is 4. The second kappa shape index (κ2) is 12.4. The number of ether oxygens (including phenoxy) is 4. The number of anilines is 1. The number of carbonyl (C=O) groups is 2. The topological polar surface area (TPSA) is 107 Å². The lowest BCUT2D eigenvalue weighted by atomic mass is 9.94. The van der Waals surface area contributed by atoms with Gasteiger partial charge in [-0.1, -0.05) is 47.7 Å². The predicted octanol–water partition coefficient (Wildman–Crippen LogP) is 7.23. The Hall–Kier alpha value is -5.35. The second-order valence-electron chi connectivity index (χ2n) is 11.4. The number of methoxy groups -OCH3 is 1. The Morgan fingerprint density at radius 1 is 1.00 bits per heavy atom. The van der Waals surface area contributed by atoms with Gasteiger partial charge < -0.3 is 24.1 Å². The van der Waals surface area contributed by atoms with Crippen LogP contribution in [0.25, 0.3) is 16.0 Å². The number of ketones is 1. The van der Waals surface area contributed by atoms with Gasteiger partial charge in [0, 0.05) is 12.0 Å². The first-order valence-corrected chi connectivity index (χ1v) is 16.1. The predicted molar refractivity (Wildman–Crippen MR) is 180 cm³/mol. The van der Waals surface area contributed by atoms with E-state index in [1.807, 2.05) is 56.3 Å². The Morgan fingerprint density at radius 2 is 1.83 bits per heavy atom. The molecule has 1 aromatic heterocycles. The molecule has 0 saturated carbocycles. The number of hydrogen-bond donors (Lipinski definition) is 1. The lowest BCUT2D eigenvalue weighted by molar-refractivity contribution is -0.132. The van der Waals surface area contributed by atoms with Crippen molar-refractivity contribution in [1.29, 1.82) is 0 Å². The molecule has 10 heteroatoms. The molecule has 2 atom stereocenters. The quantitative estimate of drug-likeness (QED) is 0.101. The first-order valence-electron chi connectivity index (χ1n) is 15.3. The van der Waals surface area contributed by atoms with E-state index in [0.717, 1.165) is 21.6 Å². The molecule has 5 aromatic rings. The summed E-state index contributed by atoms with van der Waals surface area (Å²) in [7, 11) is 1.58. The Labute approximate surface area is 275 Å². The lowest BCUT2D eigenvalue weighted by Gasteiger charge is -2.24. The third-order valence-corrected chi connectivity index (χ3v) is 9.24. The zero-order valence-electron chi connectivity index (χ0n) is 26.1. The van der Waals surface area contributed by atoms with E-state index in [2.05, 4.69) is 0 Å². The van der Waals surface area contributed by atoms with E-state index in [9.17, 15) is 14.7 Å². The number of rotatable bonds is 9. The number of carbonyl (C=O) groups excluding carboxylic acids is 2. The van der Waals surface area contributed by atoms with Crippen LogP contribution in [0.1, 0.15) is 42.1 Å². The lowest BCUT2D eigenvalue weighted by Crippen LogP contribution is -2.29. The van der Waals surface area contributed by atoms with Crippen LogP contribution in [0.15, 0.2) is 90.5 Å². The van der Waals surface area contributed by atoms with Crippen molar-refractivity contribution in [3.05, 3.63) is 113 Å². The standard InChI is InChI=1S/C37H32N2O7S/c1-4-44-30-18-23(10-15-29(30)45-20-22-8-6-5-7-9-22)33-32(34(40)24-11-14-28-25(17-24)16-21(2)46-28)35(41)36(42)39(33)37-38-27-13-12-26(43-3)19-31(27)47-37/h5-15,17-19,21,33,40H,4,16,20H2,1-3H3/b34-32-. The third kappa shape index (κ3) is 5.65. The van der Waals surface area contributed by atoms with Crippen LogP contribution in [0.4, 0.5) is 5.13 Å². The molecule has 9 nitrogen and oxygen atoms in total. The molecular formula is C37H32N2O7S. The van der Waals surface area contributed by atoms with E-state index >= 15 is 0 Å². The zero-order valence-corrected chi connectivity index (χ0v) is 26.9. The highest BCUT2D eigenvalue weighted by atomic mass is 32.1. The van der Waals surface area contributed by atoms with Gasteiger partial charge in [-0.2, -0.15) is 0 Å². The van der Waals surface area contributed by atoms with Crippen LogP contribution in [0.5, 0.6) is 23.0 Å². The van der Waals surface area contributed by atoms with Crippen LogP contribution in [0, 0.1) is 0 Å². The molecule has 3 heterocycles. The fraction of sp³-hybridized carbons (Fsp3) is 0.216. The number of nitrogens with zero attached hydrogens (tertiary/aromatic N) is 2. The normalized spacial score (nSPS) is 18.3. The summed E-state index contributed by atoms with van der Waals surface area (Å²) in [4.78, 5) is 33.9. The minimum Gasteiger partial charge on any atom is -0.507 e. The highest BCUT2D eigenvalue weighted by molar-refractivity contribution is 7.22. The monoisotopic (exact) mass is 648 g/mol. The van der Waals surface area contributed by atoms with Crippen LogP contribution >= 0.6 is 11.3 Å². The molecule has 2 aliphatic heterocycles. The van der Waals surface area contributed by atoms with Gasteiger partial charge in [-0.25, -0.2) is 4.98 Å². The van der Waals surface area contributed by atoms with Gasteiger partial charge in [-0.05, 0) is 79.1 Å². The van der Waals surface area contributed by atoms with Crippen LogP contribution < -0.4 is 23.8 Å². The van der Waals surface area contributed by atoms with Crippen LogP contribution in [0.3, 0.4) is 0 Å². The van der Waals surface area contributed by atoms with Gasteiger partial charge in [0.2, 0.25) is 0 Å². The number of fused-ring (bicyclic) bond motifs is 2. The fourth-order valence-corrected chi connectivity index (χ4v) is 7.03. The Morgan fingerprint density at radius 3 is 2.62 bits per heavy atom. The maximum Gasteiger partial charge on any atom is 0.301 e. The summed E-state index contributed by atoms with van der Waals surface area (Å²) in [6, 6.07) is 24.8. The number of amides is 1. The molecule has 1 fully saturated rings. The average molecular weight is 649 g/mol. The van der Waals surface area contributed by atoms with Crippen molar-refractivity contribution in [2.75, 3.05) is 18.6 Å². The summed E-state index contributed by atoms with van der Waals surface area (Å²) in [5, 5.41) is 12.1. The number of aliphatic hydroxyl groups excluding tert-OH is 1. The maximum absolute atomic E-state index is 13.9. The number of aromatic nitrogens is 1. The van der Waals surface area contributed by atoms with E-state index in [-0.39, 0.29) is 17.4 Å². The molecule has 0 bridgehead atoms. The Kier molecular flexibility index (Phi) is 8.03. The highest BCUT2D eigenvalue weighted by Crippen LogP contribution is 2.46. The summed E-state index contributed by atoms with van der Waals surface area (Å²) < 4.78 is 24.2. The Balaban J connectivity index is 1.36. The molecule has 2 aliphatic rings. The van der Waals surface area contributed by atoms with Crippen molar-refractivity contribution in [2.45, 2.75) is 39.0 Å². The second-order valence-corrected chi connectivity index (χ2v) is 12.4. The fourth-order valence-electron chi connectivity index (χ4n) is 6.01. The minimum atomic E-state index is -0.997. The number of aliphatic hydroxyl groups is 1. The molecule has 1 N–H and O–H groups in total. The molecular weight excluding hydrogens is 616 g/mol. The summed E-state index contributed by atoms with van der Waals surface area (Å²) >= 11 is 1.26. The van der Waals surface area contributed by atoms with Gasteiger partial charge >= 0.3 is 5.91 Å². The first-order chi connectivity index (χ1) is 22.8. The van der Waals surface area contributed by atoms with Crippen molar-refractivity contribution >= 4 is 44.1 Å². The van der Waals surface area contributed by atoms with Crippen molar-refractivity contribution in [3.8, 4) is 23.0 Å². The molecule has 47 heavy (non-hydrogen) atoms. The Bertz CT molecular complexity index is 2040. The van der Waals surface area contributed by atoms with E-state index in [0.29, 0.717) is 58.7 Å². The molecule has 238 valence electrons. The van der Waals surface area contributed by atoms with Gasteiger partial charge in [-0.15, -0.1) is 0 Å². The largest absolute Gasteiger partial charge is 0.507 e. The third-order valence-electron chi connectivity index (χ3n) is 8.22. The molecule has 0 aliphatic carbocycles. The van der Waals surface area contributed by atoms with Gasteiger partial charge in [-0.3, -0.25) is 14.5 Å². The van der Waals surface area contributed by atoms with Crippen LogP contribution in [0.2, 0.25) is 0 Å². The van der Waals surface area contributed by atoms with Crippen LogP contribution in [-0.2, 0) is 22.6 Å². The maximum atomic E-state index is 13.9. The highest BCUT2D eigenvalue weighted by Gasteiger charge is 2.48. The number of hydrogen-bond acceptors (Lipinski definition) is 9. The molecule has 1 saturated heterocycles. The van der Waals surface area contributed by atoms with Gasteiger partial charge in [0.15, 0.2) is 16.6 Å². The summed E-state index contributed by atoms with van der Waals surface area (Å²) in [5.74, 6) is 0.473. The smallest absolute Gasteiger partial charge is 0.301 e. The van der Waals surface area contributed by atoms with Crippen molar-refractivity contribution in [3.63, 3.8) is 0 Å². The van der Waals surface area contributed by atoms with Crippen LogP contribution in [-0.4, -0.2) is 41.6 Å². The van der Waals surface area contributed by atoms with E-state index in [4.69, 9.17) is 23.9 Å². The summed E-state index contributed by atoms with van der Waals surface area (Å²) in [5.41, 5.74) is 3.50. The first kappa shape index (κ1) is 30.3. The van der Waals surface area contributed by atoms with E-state index in [1.165, 1.54) is 16.2 Å². The van der Waals surface area contributed by atoms with Crippen molar-refractivity contribution in [1.82, 2.24) is 4.98 Å². The molecule has 0 radical (unpaired) electrons. The molecule has 7 rings (SSSR count). The van der Waals surface area contributed by atoms with Crippen molar-refractivity contribution < 1.29 is 33.6 Å². The summed E-state index contributed by atoms with van der Waals surface area (Å²) in [6.07, 6.45) is 0.677. The van der Waals surface area contributed by atoms with Gasteiger partial charge in [0.05, 0.1) is 35.5 Å². The molecule has 4 aromatic carbocycles. The SMILES string of the molecule is CCOc1cc(C2/C(=C(/O)c3ccc4c(c3)CC(C)O4)C(=O)C(=O)N2c2nc3ccc(OC)cc3s2)ccc1OCc1ccccc1. The number of thiazole rings is 1. The van der Waals surface area contributed by atoms with E-state index < -0.39 is 17.7 Å². The van der Waals surface area contributed by atoms with E-state index in [1.54, 1.807) is 49.6 Å². The zero-order chi connectivity index (χ0) is 32.7. The molecule has 2 unspecified atom stereocenters. The van der Waals surface area contributed by atoms with Crippen molar-refractivity contribution in [2.24, 2.45) is 0 Å². The molecule has 1 amide bonds. The minimum absolute atomic E-state index is 0.00486.